The van der Waals surface area contributed by atoms with Crippen molar-refractivity contribution in [2.75, 3.05) is 20.3 Å². The highest BCUT2D eigenvalue weighted by atomic mass is 16.5. The number of hydrogen-bond donors (Lipinski definition) is 2. The molecule has 6 heteroatoms. The molecule has 0 saturated carbocycles. The van der Waals surface area contributed by atoms with Gasteiger partial charge in [-0.2, -0.15) is 0 Å². The van der Waals surface area contributed by atoms with Gasteiger partial charge in [0, 0.05) is 26.6 Å². The van der Waals surface area contributed by atoms with E-state index in [4.69, 9.17) is 10.5 Å². The average Bonchev–Trinajstić information content (AvgIpc) is 2.62. The predicted octanol–water partition coefficient (Wildman–Crippen LogP) is -0.823. The van der Waals surface area contributed by atoms with Crippen LogP contribution in [-0.4, -0.2) is 45.7 Å². The SMILES string of the molecule is COCCn1cnnc1CC(C)(O)CN. The van der Waals surface area contributed by atoms with Gasteiger partial charge >= 0.3 is 0 Å². The summed E-state index contributed by atoms with van der Waals surface area (Å²) in [6.07, 6.45) is 2.02. The maximum absolute atomic E-state index is 9.81. The molecular weight excluding hydrogens is 196 g/mol. The van der Waals surface area contributed by atoms with Gasteiger partial charge in [0.2, 0.25) is 0 Å². The lowest BCUT2D eigenvalue weighted by molar-refractivity contribution is 0.0660. The number of nitrogens with zero attached hydrogens (tertiary/aromatic N) is 3. The Morgan fingerprint density at radius 2 is 2.40 bits per heavy atom. The van der Waals surface area contributed by atoms with Gasteiger partial charge in [-0.3, -0.25) is 0 Å². The van der Waals surface area contributed by atoms with Crippen LogP contribution in [0.3, 0.4) is 0 Å². The molecule has 0 saturated heterocycles. The highest BCUT2D eigenvalue weighted by Gasteiger charge is 2.21. The largest absolute Gasteiger partial charge is 0.388 e. The van der Waals surface area contributed by atoms with E-state index >= 15 is 0 Å². The second kappa shape index (κ2) is 5.20. The fourth-order valence-electron chi connectivity index (χ4n) is 1.21. The molecule has 3 N–H and O–H groups in total. The third kappa shape index (κ3) is 3.58. The van der Waals surface area contributed by atoms with Crippen molar-refractivity contribution in [1.82, 2.24) is 14.8 Å². The maximum Gasteiger partial charge on any atom is 0.135 e. The number of aliphatic hydroxyl groups is 1. The van der Waals surface area contributed by atoms with Crippen molar-refractivity contribution in [2.45, 2.75) is 25.5 Å². The molecule has 1 aromatic rings. The number of hydrogen-bond acceptors (Lipinski definition) is 5. The van der Waals surface area contributed by atoms with Gasteiger partial charge in [0.1, 0.15) is 12.2 Å². The standard InChI is InChI=1S/C9H18N4O2/c1-9(14,6-10)5-8-12-11-7-13(8)3-4-15-2/h7,14H,3-6,10H2,1-2H3. The van der Waals surface area contributed by atoms with Gasteiger partial charge in [0.05, 0.1) is 12.2 Å². The van der Waals surface area contributed by atoms with Crippen molar-refractivity contribution in [3.8, 4) is 0 Å². The summed E-state index contributed by atoms with van der Waals surface area (Å²) in [5.74, 6) is 0.725. The Bertz CT molecular complexity index is 298. The van der Waals surface area contributed by atoms with Crippen LogP contribution in [0.25, 0.3) is 0 Å². The lowest BCUT2D eigenvalue weighted by Gasteiger charge is -2.20. The molecule has 1 heterocycles. The third-order valence-corrected chi connectivity index (χ3v) is 2.21. The Kier molecular flexibility index (Phi) is 4.19. The predicted molar refractivity (Wildman–Crippen MR) is 55.3 cm³/mol. The van der Waals surface area contributed by atoms with E-state index in [0.717, 1.165) is 5.82 Å². The molecule has 0 bridgehead atoms. The number of aromatic nitrogens is 3. The van der Waals surface area contributed by atoms with Gasteiger partial charge in [-0.15, -0.1) is 10.2 Å². The second-order valence-corrected chi connectivity index (χ2v) is 3.81. The van der Waals surface area contributed by atoms with Crippen LogP contribution in [0.2, 0.25) is 0 Å². The number of nitrogens with two attached hydrogens (primary N) is 1. The van der Waals surface area contributed by atoms with Crippen molar-refractivity contribution in [3.63, 3.8) is 0 Å². The summed E-state index contributed by atoms with van der Waals surface area (Å²) in [5, 5.41) is 17.6. The molecule has 0 spiro atoms. The second-order valence-electron chi connectivity index (χ2n) is 3.81. The molecule has 0 aliphatic rings. The van der Waals surface area contributed by atoms with Crippen LogP contribution in [0.4, 0.5) is 0 Å². The number of rotatable bonds is 6. The first-order valence-electron chi connectivity index (χ1n) is 4.87. The lowest BCUT2D eigenvalue weighted by atomic mass is 10.0. The minimum absolute atomic E-state index is 0.199. The Morgan fingerprint density at radius 3 is 3.00 bits per heavy atom. The summed E-state index contributed by atoms with van der Waals surface area (Å²) in [7, 11) is 1.64. The molecule has 1 atom stereocenters. The zero-order chi connectivity index (χ0) is 11.3. The molecule has 1 aromatic heterocycles. The summed E-state index contributed by atoms with van der Waals surface area (Å²) in [5.41, 5.74) is 4.51. The fourth-order valence-corrected chi connectivity index (χ4v) is 1.21. The molecule has 0 radical (unpaired) electrons. The van der Waals surface area contributed by atoms with Crippen molar-refractivity contribution in [2.24, 2.45) is 5.73 Å². The summed E-state index contributed by atoms with van der Waals surface area (Å²) < 4.78 is 6.82. The van der Waals surface area contributed by atoms with Crippen LogP contribution >= 0.6 is 0 Å². The van der Waals surface area contributed by atoms with Crippen LogP contribution in [0.15, 0.2) is 6.33 Å². The smallest absolute Gasteiger partial charge is 0.135 e. The lowest BCUT2D eigenvalue weighted by Crippen LogP contribution is -2.37. The number of ether oxygens (including phenoxy) is 1. The summed E-state index contributed by atoms with van der Waals surface area (Å²) in [4.78, 5) is 0. The summed E-state index contributed by atoms with van der Waals surface area (Å²) >= 11 is 0. The Balaban J connectivity index is 2.64. The van der Waals surface area contributed by atoms with Crippen LogP contribution in [-0.2, 0) is 17.7 Å². The topological polar surface area (TPSA) is 86.2 Å². The normalized spacial score (nSPS) is 15.2. The maximum atomic E-state index is 9.81. The quantitative estimate of drug-likeness (QED) is 0.646. The van der Waals surface area contributed by atoms with Crippen molar-refractivity contribution in [1.29, 1.82) is 0 Å². The summed E-state index contributed by atoms with van der Waals surface area (Å²) in [6.45, 7) is 3.15. The van der Waals surface area contributed by atoms with E-state index in [1.54, 1.807) is 20.4 Å². The van der Waals surface area contributed by atoms with Gasteiger partial charge in [0.15, 0.2) is 0 Å². The van der Waals surface area contributed by atoms with Gasteiger partial charge < -0.3 is 20.1 Å². The van der Waals surface area contributed by atoms with Crippen LogP contribution in [0.5, 0.6) is 0 Å². The highest BCUT2D eigenvalue weighted by molar-refractivity contribution is 4.93. The summed E-state index contributed by atoms with van der Waals surface area (Å²) in [6, 6.07) is 0. The minimum Gasteiger partial charge on any atom is -0.388 e. The molecule has 15 heavy (non-hydrogen) atoms. The van der Waals surface area contributed by atoms with Crippen LogP contribution in [0.1, 0.15) is 12.7 Å². The Labute approximate surface area is 89.1 Å². The van der Waals surface area contributed by atoms with Gasteiger partial charge in [-0.05, 0) is 6.92 Å². The molecule has 0 fully saturated rings. The van der Waals surface area contributed by atoms with E-state index in [9.17, 15) is 5.11 Å². The molecular formula is C9H18N4O2. The zero-order valence-corrected chi connectivity index (χ0v) is 9.18. The zero-order valence-electron chi connectivity index (χ0n) is 9.18. The first-order chi connectivity index (χ1) is 7.09. The molecule has 0 amide bonds. The average molecular weight is 214 g/mol. The van der Waals surface area contributed by atoms with E-state index in [-0.39, 0.29) is 6.54 Å². The molecule has 1 unspecified atom stereocenters. The monoisotopic (exact) mass is 214 g/mol. The molecule has 86 valence electrons. The molecule has 0 aromatic carbocycles. The molecule has 1 rings (SSSR count). The molecule has 0 aliphatic heterocycles. The van der Waals surface area contributed by atoms with E-state index in [2.05, 4.69) is 10.2 Å². The Hall–Kier alpha value is -0.980. The van der Waals surface area contributed by atoms with Gasteiger partial charge in [0.25, 0.3) is 0 Å². The first kappa shape index (κ1) is 12.1. The van der Waals surface area contributed by atoms with E-state index in [1.807, 2.05) is 4.57 Å². The minimum atomic E-state index is -0.933. The first-order valence-corrected chi connectivity index (χ1v) is 4.87. The van der Waals surface area contributed by atoms with E-state index < -0.39 is 5.60 Å². The van der Waals surface area contributed by atoms with E-state index in [1.165, 1.54) is 0 Å². The fraction of sp³-hybridized carbons (Fsp3) is 0.778. The van der Waals surface area contributed by atoms with Crippen LogP contribution < -0.4 is 5.73 Å². The highest BCUT2D eigenvalue weighted by Crippen LogP contribution is 2.09. The van der Waals surface area contributed by atoms with E-state index in [0.29, 0.717) is 19.6 Å². The van der Waals surface area contributed by atoms with Gasteiger partial charge in [-0.25, -0.2) is 0 Å². The van der Waals surface area contributed by atoms with Crippen molar-refractivity contribution >= 4 is 0 Å². The number of methoxy groups -OCH3 is 1. The molecule has 6 nitrogen and oxygen atoms in total. The van der Waals surface area contributed by atoms with Gasteiger partial charge in [-0.1, -0.05) is 0 Å². The van der Waals surface area contributed by atoms with Crippen molar-refractivity contribution < 1.29 is 9.84 Å². The van der Waals surface area contributed by atoms with Crippen molar-refractivity contribution in [3.05, 3.63) is 12.2 Å². The third-order valence-electron chi connectivity index (χ3n) is 2.21. The molecule has 0 aliphatic carbocycles. The van der Waals surface area contributed by atoms with Crippen LogP contribution in [0, 0.1) is 0 Å². The Morgan fingerprint density at radius 1 is 1.67 bits per heavy atom.